The molecule has 1 fully saturated rings. The molecule has 6 nitrogen and oxygen atoms in total. The standard InChI is InChI=1S/C21H26N4O2/c1-14-9-10-22-25(14)13-20(26)23-18-8-6-17(12-18)21(27)24-19-7-5-15-3-2-4-16(15)11-19/h5,7,9-11,17-18H,2-4,6,8,12-13H2,1H3,(H,23,26)(H,24,27)/t17-,18+/m1/s1. The molecule has 1 aromatic heterocycles. The molecular formula is C21H26N4O2. The molecule has 0 saturated heterocycles. The lowest BCUT2D eigenvalue weighted by Crippen LogP contribution is -2.36. The van der Waals surface area contributed by atoms with E-state index in [4.69, 9.17) is 0 Å². The third-order valence-electron chi connectivity index (χ3n) is 5.76. The Morgan fingerprint density at radius 3 is 2.85 bits per heavy atom. The van der Waals surface area contributed by atoms with Gasteiger partial charge >= 0.3 is 0 Å². The zero-order valence-electron chi connectivity index (χ0n) is 15.7. The van der Waals surface area contributed by atoms with Crippen molar-refractivity contribution in [1.29, 1.82) is 0 Å². The molecule has 1 aromatic carbocycles. The fourth-order valence-electron chi connectivity index (χ4n) is 4.22. The number of hydrogen-bond donors (Lipinski definition) is 2. The largest absolute Gasteiger partial charge is 0.352 e. The molecule has 2 aliphatic carbocycles. The fourth-order valence-corrected chi connectivity index (χ4v) is 4.22. The number of nitrogens with zero attached hydrogens (tertiary/aromatic N) is 2. The number of carbonyl (C=O) groups is 2. The third kappa shape index (κ3) is 4.04. The van der Waals surface area contributed by atoms with Gasteiger partial charge in [0.15, 0.2) is 0 Å². The van der Waals surface area contributed by atoms with Crippen molar-refractivity contribution in [3.63, 3.8) is 0 Å². The van der Waals surface area contributed by atoms with Gasteiger partial charge in [-0.05, 0) is 74.8 Å². The van der Waals surface area contributed by atoms with Crippen LogP contribution < -0.4 is 10.6 Å². The van der Waals surface area contributed by atoms with E-state index in [-0.39, 0.29) is 30.3 Å². The minimum absolute atomic E-state index is 0.0463. The van der Waals surface area contributed by atoms with Crippen LogP contribution in [-0.4, -0.2) is 27.6 Å². The first-order valence-electron chi connectivity index (χ1n) is 9.79. The summed E-state index contributed by atoms with van der Waals surface area (Å²) in [7, 11) is 0. The molecule has 0 unspecified atom stereocenters. The summed E-state index contributed by atoms with van der Waals surface area (Å²) in [6.07, 6.45) is 7.49. The third-order valence-corrected chi connectivity index (χ3v) is 5.76. The Balaban J connectivity index is 1.28. The Morgan fingerprint density at radius 2 is 2.04 bits per heavy atom. The van der Waals surface area contributed by atoms with Crippen molar-refractivity contribution in [3.05, 3.63) is 47.3 Å². The van der Waals surface area contributed by atoms with Crippen molar-refractivity contribution in [1.82, 2.24) is 15.1 Å². The Bertz CT molecular complexity index is 858. The van der Waals surface area contributed by atoms with Gasteiger partial charge in [-0.25, -0.2) is 0 Å². The van der Waals surface area contributed by atoms with E-state index in [0.29, 0.717) is 6.42 Å². The van der Waals surface area contributed by atoms with Gasteiger partial charge in [0.1, 0.15) is 6.54 Å². The Kier molecular flexibility index (Phi) is 4.97. The number of aryl methyl sites for hydroxylation is 3. The van der Waals surface area contributed by atoms with Crippen LogP contribution in [0.5, 0.6) is 0 Å². The van der Waals surface area contributed by atoms with E-state index >= 15 is 0 Å². The molecule has 2 amide bonds. The monoisotopic (exact) mass is 366 g/mol. The first-order chi connectivity index (χ1) is 13.1. The quantitative estimate of drug-likeness (QED) is 0.854. The minimum Gasteiger partial charge on any atom is -0.352 e. The molecule has 1 saturated carbocycles. The molecule has 0 spiro atoms. The van der Waals surface area contributed by atoms with Crippen molar-refractivity contribution >= 4 is 17.5 Å². The van der Waals surface area contributed by atoms with Gasteiger partial charge in [0.05, 0.1) is 0 Å². The number of rotatable bonds is 5. The normalized spacial score (nSPS) is 21.1. The zero-order valence-corrected chi connectivity index (χ0v) is 15.7. The van der Waals surface area contributed by atoms with Crippen LogP contribution in [0, 0.1) is 12.8 Å². The average Bonchev–Trinajstić information content (AvgIpc) is 3.36. The second-order valence-electron chi connectivity index (χ2n) is 7.73. The number of carbonyl (C=O) groups excluding carboxylic acids is 2. The number of anilines is 1. The van der Waals surface area contributed by atoms with E-state index < -0.39 is 0 Å². The van der Waals surface area contributed by atoms with Crippen LogP contribution in [0.15, 0.2) is 30.5 Å². The maximum absolute atomic E-state index is 12.6. The van der Waals surface area contributed by atoms with Gasteiger partial charge in [0.2, 0.25) is 11.8 Å². The first-order valence-corrected chi connectivity index (χ1v) is 9.79. The van der Waals surface area contributed by atoms with E-state index in [2.05, 4.69) is 27.9 Å². The lowest BCUT2D eigenvalue weighted by molar-refractivity contribution is -0.123. The van der Waals surface area contributed by atoms with E-state index in [0.717, 1.165) is 37.1 Å². The number of aromatic nitrogens is 2. The lowest BCUT2D eigenvalue weighted by atomic mass is 10.1. The van der Waals surface area contributed by atoms with Gasteiger partial charge in [-0.1, -0.05) is 6.07 Å². The van der Waals surface area contributed by atoms with Crippen molar-refractivity contribution in [3.8, 4) is 0 Å². The molecule has 6 heteroatoms. The molecule has 2 atom stereocenters. The molecule has 0 radical (unpaired) electrons. The Morgan fingerprint density at radius 1 is 1.19 bits per heavy atom. The second-order valence-corrected chi connectivity index (χ2v) is 7.73. The summed E-state index contributed by atoms with van der Waals surface area (Å²) in [5.74, 6) is -0.0332. The van der Waals surface area contributed by atoms with Crippen LogP contribution in [-0.2, 0) is 29.0 Å². The number of amides is 2. The Hall–Kier alpha value is -2.63. The number of fused-ring (bicyclic) bond motifs is 1. The summed E-state index contributed by atoms with van der Waals surface area (Å²) >= 11 is 0. The average molecular weight is 366 g/mol. The highest BCUT2D eigenvalue weighted by atomic mass is 16.2. The summed E-state index contributed by atoms with van der Waals surface area (Å²) in [5, 5.41) is 10.2. The second kappa shape index (κ2) is 7.55. The highest BCUT2D eigenvalue weighted by Gasteiger charge is 2.31. The van der Waals surface area contributed by atoms with Crippen molar-refractivity contribution in [2.75, 3.05) is 5.32 Å². The van der Waals surface area contributed by atoms with Crippen LogP contribution in [0.3, 0.4) is 0 Å². The zero-order chi connectivity index (χ0) is 18.8. The molecular weight excluding hydrogens is 340 g/mol. The Labute approximate surface area is 159 Å². The maximum Gasteiger partial charge on any atom is 0.241 e. The lowest BCUT2D eigenvalue weighted by Gasteiger charge is -2.14. The molecule has 142 valence electrons. The summed E-state index contributed by atoms with van der Waals surface area (Å²) < 4.78 is 1.68. The summed E-state index contributed by atoms with van der Waals surface area (Å²) in [6, 6.07) is 8.18. The minimum atomic E-state index is -0.0496. The van der Waals surface area contributed by atoms with Gasteiger partial charge in [-0.15, -0.1) is 0 Å². The van der Waals surface area contributed by atoms with Crippen molar-refractivity contribution < 1.29 is 9.59 Å². The molecule has 0 bridgehead atoms. The van der Waals surface area contributed by atoms with Crippen LogP contribution in [0.4, 0.5) is 5.69 Å². The summed E-state index contributed by atoms with van der Waals surface area (Å²) in [6.45, 7) is 2.15. The number of nitrogens with one attached hydrogen (secondary N) is 2. The van der Waals surface area contributed by atoms with Gasteiger partial charge in [-0.2, -0.15) is 5.10 Å². The molecule has 2 aromatic rings. The number of hydrogen-bond acceptors (Lipinski definition) is 3. The highest BCUT2D eigenvalue weighted by Crippen LogP contribution is 2.29. The van der Waals surface area contributed by atoms with Crippen molar-refractivity contribution in [2.24, 2.45) is 5.92 Å². The predicted octanol–water partition coefficient (Wildman–Crippen LogP) is 2.60. The SMILES string of the molecule is Cc1ccnn1CC(=O)N[C@H]1CC[C@@H](C(=O)Nc2ccc3c(c2)CCC3)C1. The van der Waals surface area contributed by atoms with E-state index in [1.807, 2.05) is 19.1 Å². The van der Waals surface area contributed by atoms with Gasteiger partial charge in [0.25, 0.3) is 0 Å². The van der Waals surface area contributed by atoms with Crippen molar-refractivity contribution in [2.45, 2.75) is 58.0 Å². The topological polar surface area (TPSA) is 76.0 Å². The van der Waals surface area contributed by atoms with Crippen LogP contribution in [0.25, 0.3) is 0 Å². The molecule has 27 heavy (non-hydrogen) atoms. The van der Waals surface area contributed by atoms with Gasteiger partial charge in [0, 0.05) is 29.5 Å². The summed E-state index contributed by atoms with van der Waals surface area (Å²) in [4.78, 5) is 24.8. The molecule has 4 rings (SSSR count). The molecule has 1 heterocycles. The van der Waals surface area contributed by atoms with Gasteiger partial charge < -0.3 is 10.6 Å². The maximum atomic E-state index is 12.6. The smallest absolute Gasteiger partial charge is 0.241 e. The molecule has 0 aliphatic heterocycles. The molecule has 2 aliphatic rings. The van der Waals surface area contributed by atoms with E-state index in [9.17, 15) is 9.59 Å². The van der Waals surface area contributed by atoms with Crippen LogP contribution in [0.2, 0.25) is 0 Å². The fraction of sp³-hybridized carbons (Fsp3) is 0.476. The van der Waals surface area contributed by atoms with E-state index in [1.54, 1.807) is 10.9 Å². The molecule has 2 N–H and O–H groups in total. The van der Waals surface area contributed by atoms with E-state index in [1.165, 1.54) is 17.5 Å². The predicted molar refractivity (Wildman–Crippen MR) is 103 cm³/mol. The first kappa shape index (κ1) is 17.8. The number of benzene rings is 1. The van der Waals surface area contributed by atoms with Crippen LogP contribution in [0.1, 0.15) is 42.5 Å². The van der Waals surface area contributed by atoms with Crippen LogP contribution >= 0.6 is 0 Å². The summed E-state index contributed by atoms with van der Waals surface area (Å²) in [5.41, 5.74) is 4.62. The highest BCUT2D eigenvalue weighted by molar-refractivity contribution is 5.93. The van der Waals surface area contributed by atoms with Gasteiger partial charge in [-0.3, -0.25) is 14.3 Å².